The molecule has 168 valence electrons. The second-order valence-electron chi connectivity index (χ2n) is 7.23. The van der Waals surface area contributed by atoms with Gasteiger partial charge in [0.05, 0.1) is 32.3 Å². The van der Waals surface area contributed by atoms with E-state index in [4.69, 9.17) is 9.68 Å². The third-order valence-corrected chi connectivity index (χ3v) is 4.90. The summed E-state index contributed by atoms with van der Waals surface area (Å²) in [7, 11) is 0. The van der Waals surface area contributed by atoms with Gasteiger partial charge in [0.25, 0.3) is 11.8 Å². The minimum atomic E-state index is -2.82. The van der Waals surface area contributed by atoms with Gasteiger partial charge in [0.1, 0.15) is 6.04 Å². The molecule has 0 aromatic heterocycles. The van der Waals surface area contributed by atoms with E-state index in [1.807, 2.05) is 0 Å². The van der Waals surface area contributed by atoms with Crippen molar-refractivity contribution in [3.63, 3.8) is 0 Å². The van der Waals surface area contributed by atoms with Crippen LogP contribution in [0.3, 0.4) is 0 Å². The Labute approximate surface area is 170 Å². The number of hydrogen-bond acceptors (Lipinski definition) is 7. The molecule has 3 aliphatic heterocycles. The van der Waals surface area contributed by atoms with Crippen LogP contribution in [0.25, 0.3) is 0 Å². The number of nitrogens with zero attached hydrogens (tertiary/aromatic N) is 2. The fourth-order valence-electron chi connectivity index (χ4n) is 3.61. The van der Waals surface area contributed by atoms with Crippen molar-refractivity contribution in [2.24, 2.45) is 0 Å². The molecule has 0 aromatic rings. The molecule has 2 fully saturated rings. The molecular formula is C17H23F3N4O6. The fourth-order valence-corrected chi connectivity index (χ4v) is 3.61. The smallest absolute Gasteiger partial charge is 0.370 e. The summed E-state index contributed by atoms with van der Waals surface area (Å²) in [6, 6.07) is -3.17. The van der Waals surface area contributed by atoms with E-state index in [0.717, 1.165) is 4.90 Å². The average molecular weight is 436 g/mol. The number of urea groups is 1. The third kappa shape index (κ3) is 4.68. The highest BCUT2D eigenvalue weighted by Crippen LogP contribution is 2.30. The molecule has 0 aliphatic carbocycles. The maximum absolute atomic E-state index is 13.9. The summed E-state index contributed by atoms with van der Waals surface area (Å²) in [5.74, 6) is -4.78. The number of halogens is 3. The van der Waals surface area contributed by atoms with E-state index in [0.29, 0.717) is 10.6 Å². The first-order valence-corrected chi connectivity index (χ1v) is 9.41. The molecular weight excluding hydrogens is 413 g/mol. The summed E-state index contributed by atoms with van der Waals surface area (Å²) >= 11 is 0. The van der Waals surface area contributed by atoms with Crippen molar-refractivity contribution >= 4 is 17.9 Å². The number of amides is 3. The Morgan fingerprint density at radius 1 is 1.43 bits per heavy atom. The molecule has 30 heavy (non-hydrogen) atoms. The van der Waals surface area contributed by atoms with Crippen LogP contribution in [0.1, 0.15) is 20.3 Å². The highest BCUT2D eigenvalue weighted by atomic mass is 19.3. The van der Waals surface area contributed by atoms with E-state index < -0.39 is 61.3 Å². The van der Waals surface area contributed by atoms with E-state index in [1.54, 1.807) is 13.0 Å². The third-order valence-electron chi connectivity index (χ3n) is 4.90. The van der Waals surface area contributed by atoms with Gasteiger partial charge in [-0.1, -0.05) is 6.08 Å². The summed E-state index contributed by atoms with van der Waals surface area (Å²) in [5.41, 5.74) is 2.64. The Kier molecular flexibility index (Phi) is 6.53. The zero-order chi connectivity index (χ0) is 22.1. The molecule has 10 nitrogen and oxygen atoms in total. The lowest BCUT2D eigenvalue weighted by Crippen LogP contribution is -2.50. The molecule has 2 saturated heterocycles. The van der Waals surface area contributed by atoms with Gasteiger partial charge in [-0.3, -0.25) is 9.63 Å². The molecule has 2 bridgehead atoms. The minimum Gasteiger partial charge on any atom is -0.462 e. The average Bonchev–Trinajstić information content (AvgIpc) is 3.13. The van der Waals surface area contributed by atoms with Crippen LogP contribution in [0.4, 0.5) is 18.0 Å². The molecule has 3 aliphatic rings. The van der Waals surface area contributed by atoms with Gasteiger partial charge in [-0.2, -0.15) is 5.06 Å². The molecule has 0 aromatic carbocycles. The first-order chi connectivity index (χ1) is 14.1. The number of hydrogen-bond donors (Lipinski definition) is 2. The molecule has 3 amide bonds. The Bertz CT molecular complexity index is 736. The zero-order valence-electron chi connectivity index (χ0n) is 16.4. The molecule has 0 saturated carbocycles. The van der Waals surface area contributed by atoms with Crippen LogP contribution in [0.5, 0.6) is 0 Å². The van der Waals surface area contributed by atoms with Crippen LogP contribution in [0.2, 0.25) is 0 Å². The Morgan fingerprint density at radius 3 is 2.80 bits per heavy atom. The molecule has 3 heterocycles. The number of hydroxylamine groups is 3. The van der Waals surface area contributed by atoms with Crippen molar-refractivity contribution in [1.29, 1.82) is 0 Å². The molecule has 0 spiro atoms. The second-order valence-corrected chi connectivity index (χ2v) is 7.23. The predicted octanol–water partition coefficient (Wildman–Crippen LogP) is 0.256. The van der Waals surface area contributed by atoms with Gasteiger partial charge >= 0.3 is 18.4 Å². The Balaban J connectivity index is 1.56. The number of rotatable bonds is 8. The van der Waals surface area contributed by atoms with Crippen LogP contribution < -0.4 is 10.8 Å². The van der Waals surface area contributed by atoms with Gasteiger partial charge in [0, 0.05) is 12.5 Å². The number of alkyl halides is 3. The highest BCUT2D eigenvalue weighted by Gasteiger charge is 2.49. The molecule has 3 rings (SSSR count). The Morgan fingerprint density at radius 2 is 2.17 bits per heavy atom. The van der Waals surface area contributed by atoms with E-state index in [-0.39, 0.29) is 19.8 Å². The Hall–Kier alpha value is -2.38. The van der Waals surface area contributed by atoms with Crippen molar-refractivity contribution in [2.45, 2.75) is 50.7 Å². The first-order valence-electron chi connectivity index (χ1n) is 9.41. The van der Waals surface area contributed by atoms with Crippen LogP contribution in [0.15, 0.2) is 11.6 Å². The number of fused-ring (bicyclic) bond motifs is 2. The molecule has 0 unspecified atom stereocenters. The number of ether oxygens (including phenoxy) is 1. The number of carbonyl (C=O) groups is 3. The largest absolute Gasteiger partial charge is 0.462 e. The molecule has 2 N–H and O–H groups in total. The van der Waals surface area contributed by atoms with Gasteiger partial charge in [-0.25, -0.2) is 33.1 Å². The zero-order valence-corrected chi connectivity index (χ0v) is 16.4. The summed E-state index contributed by atoms with van der Waals surface area (Å²) in [6.45, 7) is 2.43. The van der Waals surface area contributed by atoms with Crippen LogP contribution in [-0.2, 0) is 24.0 Å². The van der Waals surface area contributed by atoms with Gasteiger partial charge < -0.3 is 15.0 Å². The quantitative estimate of drug-likeness (QED) is 0.319. The van der Waals surface area contributed by atoms with Crippen molar-refractivity contribution in [1.82, 2.24) is 20.8 Å². The van der Waals surface area contributed by atoms with E-state index in [9.17, 15) is 27.6 Å². The van der Waals surface area contributed by atoms with Gasteiger partial charge in [-0.05, 0) is 19.4 Å². The van der Waals surface area contributed by atoms with Gasteiger partial charge in [0.2, 0.25) is 0 Å². The summed E-state index contributed by atoms with van der Waals surface area (Å²) in [4.78, 5) is 47.5. The standard InChI is InChI=1S/C17H23F3N4O6/c1-3-28-15(26)13(18)30-24-11-4-9(2)12(23(6-11)16(24)27)14(25)22-29-7-10-5-17(19,20)8-21-10/h4,10-13,21H,3,5-8H2,1-2H3,(H,22,25)/t10-,11-,12-,13+/m0/s1. The maximum Gasteiger partial charge on any atom is 0.370 e. The van der Waals surface area contributed by atoms with Crippen molar-refractivity contribution < 1.29 is 42.0 Å². The van der Waals surface area contributed by atoms with Crippen molar-refractivity contribution in [2.75, 3.05) is 26.3 Å². The van der Waals surface area contributed by atoms with E-state index >= 15 is 0 Å². The maximum atomic E-state index is 13.9. The van der Waals surface area contributed by atoms with Crippen LogP contribution in [-0.4, -0.2) is 84.6 Å². The lowest BCUT2D eigenvalue weighted by molar-refractivity contribution is -0.223. The summed E-state index contributed by atoms with van der Waals surface area (Å²) < 4.78 is 44.7. The van der Waals surface area contributed by atoms with Gasteiger partial charge in [-0.15, -0.1) is 0 Å². The summed E-state index contributed by atoms with van der Waals surface area (Å²) in [6.07, 6.45) is -1.35. The lowest BCUT2D eigenvalue weighted by Gasteiger charge is -2.28. The van der Waals surface area contributed by atoms with E-state index in [2.05, 4.69) is 15.5 Å². The van der Waals surface area contributed by atoms with Crippen molar-refractivity contribution in [3.05, 3.63) is 11.6 Å². The molecule has 4 atom stereocenters. The van der Waals surface area contributed by atoms with Crippen LogP contribution >= 0.6 is 0 Å². The fraction of sp³-hybridized carbons (Fsp3) is 0.706. The number of esters is 1. The summed E-state index contributed by atoms with van der Waals surface area (Å²) in [5, 5.41) is 3.27. The second kappa shape index (κ2) is 8.78. The first kappa shape index (κ1) is 22.3. The molecule has 0 radical (unpaired) electrons. The highest BCUT2D eigenvalue weighted by molar-refractivity contribution is 5.91. The van der Waals surface area contributed by atoms with Crippen LogP contribution in [0, 0.1) is 0 Å². The number of carbonyl (C=O) groups excluding carboxylic acids is 3. The minimum absolute atomic E-state index is 0.0280. The SMILES string of the molecule is CCOC(=O)[C@H](F)ON1C(=O)N2C[C@@H]1C=C(C)[C@H]2C(=O)NOC[C@@H]1CC(F)(F)CN1. The van der Waals surface area contributed by atoms with E-state index in [1.165, 1.54) is 6.92 Å². The monoisotopic (exact) mass is 436 g/mol. The molecule has 13 heteroatoms. The topological polar surface area (TPSA) is 109 Å². The number of nitrogens with one attached hydrogen (secondary N) is 2. The van der Waals surface area contributed by atoms with Gasteiger partial charge in [0.15, 0.2) is 0 Å². The normalized spacial score (nSPS) is 28.4. The predicted molar refractivity (Wildman–Crippen MR) is 93.3 cm³/mol. The van der Waals surface area contributed by atoms with Crippen molar-refractivity contribution in [3.8, 4) is 0 Å². The lowest BCUT2D eigenvalue weighted by atomic mass is 10.0.